The molecule has 2 rings (SSSR count). The minimum absolute atomic E-state index is 0.0347. The third-order valence-corrected chi connectivity index (χ3v) is 3.39. The van der Waals surface area contributed by atoms with E-state index in [0.29, 0.717) is 17.3 Å². The first-order chi connectivity index (χ1) is 8.50. The Morgan fingerprint density at radius 2 is 2.17 bits per heavy atom. The molecule has 2 aromatic rings. The van der Waals surface area contributed by atoms with Crippen molar-refractivity contribution in [2.75, 3.05) is 39.1 Å². The van der Waals surface area contributed by atoms with Gasteiger partial charge in [-0.15, -0.1) is 0 Å². The van der Waals surface area contributed by atoms with Crippen molar-refractivity contribution >= 4 is 27.9 Å². The Hall–Kier alpha value is -1.67. The lowest BCUT2D eigenvalue weighted by atomic mass is 10.5. The SMILES string of the molecule is CN(C)CCN(C)c1nc2sccn2c1[N+](=O)[O-]. The summed E-state index contributed by atoms with van der Waals surface area (Å²) in [6.45, 7) is 1.51. The van der Waals surface area contributed by atoms with Gasteiger partial charge in [0.15, 0.2) is 0 Å². The number of fused-ring (bicyclic) bond motifs is 1. The lowest BCUT2D eigenvalue weighted by Gasteiger charge is -2.18. The molecule has 0 aromatic carbocycles. The van der Waals surface area contributed by atoms with Gasteiger partial charge in [0.1, 0.15) is 6.20 Å². The first-order valence-corrected chi connectivity index (χ1v) is 6.34. The number of imidazole rings is 1. The third-order valence-electron chi connectivity index (χ3n) is 2.64. The molecule has 0 aliphatic rings. The van der Waals surface area contributed by atoms with Crippen molar-refractivity contribution < 1.29 is 4.92 Å². The predicted molar refractivity (Wildman–Crippen MR) is 71.5 cm³/mol. The number of nitro groups is 1. The molecule has 0 spiro atoms. The quantitative estimate of drug-likeness (QED) is 0.604. The molecular formula is C10H15N5O2S. The molecule has 2 heterocycles. The second-order valence-corrected chi connectivity index (χ2v) is 5.17. The minimum atomic E-state index is -0.381. The van der Waals surface area contributed by atoms with Crippen LogP contribution in [0.1, 0.15) is 0 Å². The highest BCUT2D eigenvalue weighted by Gasteiger charge is 2.26. The van der Waals surface area contributed by atoms with Crippen LogP contribution < -0.4 is 4.90 Å². The minimum Gasteiger partial charge on any atom is -0.358 e. The topological polar surface area (TPSA) is 66.9 Å². The van der Waals surface area contributed by atoms with Gasteiger partial charge in [0.25, 0.3) is 4.96 Å². The van der Waals surface area contributed by atoms with Crippen LogP contribution in [0.4, 0.5) is 11.6 Å². The summed E-state index contributed by atoms with van der Waals surface area (Å²) in [5.74, 6) is 0.459. The monoisotopic (exact) mass is 269 g/mol. The van der Waals surface area contributed by atoms with E-state index in [0.717, 1.165) is 6.54 Å². The predicted octanol–water partition coefficient (Wildman–Crippen LogP) is 1.30. The first-order valence-electron chi connectivity index (χ1n) is 5.46. The van der Waals surface area contributed by atoms with Crippen molar-refractivity contribution in [1.29, 1.82) is 0 Å². The van der Waals surface area contributed by atoms with Crippen LogP contribution in [0.5, 0.6) is 0 Å². The fourth-order valence-corrected chi connectivity index (χ4v) is 2.35. The molecule has 0 bridgehead atoms. The third kappa shape index (κ3) is 2.29. The normalized spacial score (nSPS) is 11.3. The van der Waals surface area contributed by atoms with Gasteiger partial charge in [-0.25, -0.2) is 0 Å². The Balaban J connectivity index is 2.34. The van der Waals surface area contributed by atoms with Crippen molar-refractivity contribution in [3.8, 4) is 0 Å². The van der Waals surface area contributed by atoms with Crippen molar-refractivity contribution in [3.05, 3.63) is 21.7 Å². The molecule has 2 aromatic heterocycles. The molecule has 0 N–H and O–H groups in total. The van der Waals surface area contributed by atoms with E-state index in [2.05, 4.69) is 4.98 Å². The highest BCUT2D eigenvalue weighted by atomic mass is 32.1. The summed E-state index contributed by atoms with van der Waals surface area (Å²) in [5, 5.41) is 12.9. The van der Waals surface area contributed by atoms with Gasteiger partial charge >= 0.3 is 5.82 Å². The number of likely N-dealkylation sites (N-methyl/N-ethyl adjacent to an activating group) is 2. The zero-order valence-corrected chi connectivity index (χ0v) is 11.3. The molecule has 8 heteroatoms. The summed E-state index contributed by atoms with van der Waals surface area (Å²) in [6.07, 6.45) is 1.68. The molecule has 0 saturated carbocycles. The van der Waals surface area contributed by atoms with E-state index in [-0.39, 0.29) is 10.7 Å². The lowest BCUT2D eigenvalue weighted by molar-refractivity contribution is -0.389. The lowest BCUT2D eigenvalue weighted by Crippen LogP contribution is -2.29. The van der Waals surface area contributed by atoms with Crippen LogP contribution in [0.15, 0.2) is 11.6 Å². The summed E-state index contributed by atoms with van der Waals surface area (Å²) >= 11 is 1.39. The van der Waals surface area contributed by atoms with Crippen LogP contribution in [0.2, 0.25) is 0 Å². The second kappa shape index (κ2) is 4.91. The first kappa shape index (κ1) is 12.8. The fourth-order valence-electron chi connectivity index (χ4n) is 1.64. The molecule has 0 radical (unpaired) electrons. The molecular weight excluding hydrogens is 254 g/mol. The van der Waals surface area contributed by atoms with E-state index < -0.39 is 0 Å². The Kier molecular flexibility index (Phi) is 3.48. The zero-order valence-electron chi connectivity index (χ0n) is 10.5. The second-order valence-electron chi connectivity index (χ2n) is 4.30. The molecule has 0 aliphatic carbocycles. The van der Waals surface area contributed by atoms with Crippen molar-refractivity contribution in [2.24, 2.45) is 0 Å². The molecule has 0 saturated heterocycles. The van der Waals surface area contributed by atoms with Gasteiger partial charge in [-0.05, 0) is 19.0 Å². The zero-order chi connectivity index (χ0) is 13.3. The summed E-state index contributed by atoms with van der Waals surface area (Å²) in [7, 11) is 5.75. The number of anilines is 1. The summed E-state index contributed by atoms with van der Waals surface area (Å²) in [4.78, 5) is 19.6. The standard InChI is InChI=1S/C10H15N5O2S/c1-12(2)4-5-13(3)8-9(15(16)17)14-6-7-18-10(14)11-8/h6-7H,4-5H2,1-3H3. The van der Waals surface area contributed by atoms with Crippen LogP contribution in [0, 0.1) is 10.1 Å². The molecule has 0 amide bonds. The Morgan fingerprint density at radius 1 is 1.44 bits per heavy atom. The van der Waals surface area contributed by atoms with Crippen LogP contribution >= 0.6 is 11.3 Å². The van der Waals surface area contributed by atoms with Crippen molar-refractivity contribution in [1.82, 2.24) is 14.3 Å². The van der Waals surface area contributed by atoms with E-state index in [4.69, 9.17) is 0 Å². The molecule has 0 atom stereocenters. The maximum absolute atomic E-state index is 11.1. The largest absolute Gasteiger partial charge is 0.373 e. The Morgan fingerprint density at radius 3 is 2.78 bits per heavy atom. The van der Waals surface area contributed by atoms with E-state index in [1.54, 1.807) is 11.6 Å². The maximum Gasteiger partial charge on any atom is 0.373 e. The summed E-state index contributed by atoms with van der Waals surface area (Å²) < 4.78 is 1.52. The molecule has 0 fully saturated rings. The van der Waals surface area contributed by atoms with Gasteiger partial charge in [-0.1, -0.05) is 11.3 Å². The molecule has 0 unspecified atom stereocenters. The van der Waals surface area contributed by atoms with Crippen LogP contribution in [0.25, 0.3) is 4.96 Å². The number of hydrogen-bond donors (Lipinski definition) is 0. The van der Waals surface area contributed by atoms with Crippen LogP contribution in [-0.4, -0.2) is 53.4 Å². The Labute approximate surface area is 108 Å². The number of rotatable bonds is 5. The fraction of sp³-hybridized carbons (Fsp3) is 0.500. The highest BCUT2D eigenvalue weighted by Crippen LogP contribution is 2.30. The molecule has 0 aliphatic heterocycles. The van der Waals surface area contributed by atoms with E-state index in [1.807, 2.05) is 30.9 Å². The maximum atomic E-state index is 11.1. The van der Waals surface area contributed by atoms with Gasteiger partial charge in [0.2, 0.25) is 5.82 Å². The molecule has 98 valence electrons. The van der Waals surface area contributed by atoms with Gasteiger partial charge in [-0.3, -0.25) is 0 Å². The van der Waals surface area contributed by atoms with Gasteiger partial charge < -0.3 is 19.9 Å². The summed E-state index contributed by atoms with van der Waals surface area (Å²) in [6, 6.07) is 0. The van der Waals surface area contributed by atoms with Crippen molar-refractivity contribution in [2.45, 2.75) is 0 Å². The smallest absolute Gasteiger partial charge is 0.358 e. The van der Waals surface area contributed by atoms with E-state index in [9.17, 15) is 10.1 Å². The van der Waals surface area contributed by atoms with E-state index in [1.165, 1.54) is 15.7 Å². The van der Waals surface area contributed by atoms with Crippen LogP contribution in [0.3, 0.4) is 0 Å². The number of hydrogen-bond acceptors (Lipinski definition) is 6. The van der Waals surface area contributed by atoms with Gasteiger partial charge in [0.05, 0.1) is 0 Å². The average molecular weight is 269 g/mol. The average Bonchev–Trinajstić information content (AvgIpc) is 2.83. The van der Waals surface area contributed by atoms with Gasteiger partial charge in [0, 0.05) is 25.5 Å². The van der Waals surface area contributed by atoms with Crippen LogP contribution in [-0.2, 0) is 0 Å². The van der Waals surface area contributed by atoms with Gasteiger partial charge in [-0.2, -0.15) is 9.38 Å². The van der Waals surface area contributed by atoms with E-state index >= 15 is 0 Å². The molecule has 18 heavy (non-hydrogen) atoms. The van der Waals surface area contributed by atoms with Crippen molar-refractivity contribution in [3.63, 3.8) is 0 Å². The number of nitrogens with zero attached hydrogens (tertiary/aromatic N) is 5. The number of aromatic nitrogens is 2. The Bertz CT molecular complexity index is 562. The summed E-state index contributed by atoms with van der Waals surface area (Å²) in [5.41, 5.74) is 0. The number of thiazole rings is 1. The molecule has 7 nitrogen and oxygen atoms in total. The highest BCUT2D eigenvalue weighted by molar-refractivity contribution is 7.15.